The normalized spacial score (nSPS) is 30.1. The molecule has 12 heteroatoms. The molecule has 2 saturated heterocycles. The Morgan fingerprint density at radius 2 is 1.78 bits per heavy atom. The minimum Gasteiger partial charge on any atom is -0.490 e. The summed E-state index contributed by atoms with van der Waals surface area (Å²) in [7, 11) is 0. The van der Waals surface area contributed by atoms with Gasteiger partial charge in [0.25, 0.3) is 0 Å². The summed E-state index contributed by atoms with van der Waals surface area (Å²) in [6, 6.07) is 4.93. The van der Waals surface area contributed by atoms with E-state index < -0.39 is 53.1 Å². The summed E-state index contributed by atoms with van der Waals surface area (Å²) in [5.41, 5.74) is -1.51. The highest BCUT2D eigenvalue weighted by atomic mass is 19.4. The quantitative estimate of drug-likeness (QED) is 0.347. The zero-order valence-electron chi connectivity index (χ0n) is 26.6. The zero-order chi connectivity index (χ0) is 33.2. The molecule has 3 heterocycles. The van der Waals surface area contributed by atoms with Gasteiger partial charge in [-0.1, -0.05) is 37.6 Å². The molecule has 3 fully saturated rings. The molecule has 3 aliphatic heterocycles. The summed E-state index contributed by atoms with van der Waals surface area (Å²) in [6.07, 6.45) is 0.735. The first-order valence-electron chi connectivity index (χ1n) is 16.7. The van der Waals surface area contributed by atoms with E-state index in [-0.39, 0.29) is 50.4 Å². The number of nitrogens with one attached hydrogen (secondary N) is 1. The van der Waals surface area contributed by atoms with Gasteiger partial charge in [-0.3, -0.25) is 19.7 Å². The second kappa shape index (κ2) is 13.9. The number of para-hydroxylation sites is 1. The minimum absolute atomic E-state index is 0.134. The van der Waals surface area contributed by atoms with E-state index in [1.807, 2.05) is 25.1 Å². The number of aliphatic carboxylic acids is 1. The van der Waals surface area contributed by atoms with Crippen LogP contribution in [0, 0.1) is 11.8 Å². The van der Waals surface area contributed by atoms with Gasteiger partial charge in [0.15, 0.2) is 0 Å². The molecule has 1 saturated carbocycles. The first-order valence-corrected chi connectivity index (χ1v) is 16.7. The van der Waals surface area contributed by atoms with Crippen molar-refractivity contribution < 1.29 is 42.5 Å². The van der Waals surface area contributed by atoms with Crippen molar-refractivity contribution in [1.82, 2.24) is 15.1 Å². The van der Waals surface area contributed by atoms with Gasteiger partial charge in [0, 0.05) is 37.3 Å². The largest absolute Gasteiger partial charge is 0.490 e. The number of piperidine rings is 2. The number of ether oxygens (including phenoxy) is 1. The Kier molecular flexibility index (Phi) is 10.4. The van der Waals surface area contributed by atoms with Crippen LogP contribution in [-0.4, -0.2) is 87.8 Å². The summed E-state index contributed by atoms with van der Waals surface area (Å²) in [5.74, 6) is -2.06. The van der Waals surface area contributed by atoms with Crippen LogP contribution < -0.4 is 10.1 Å². The van der Waals surface area contributed by atoms with Crippen molar-refractivity contribution in [3.05, 3.63) is 41.5 Å². The molecule has 4 aliphatic rings. The maximum Gasteiger partial charge on any atom is 0.414 e. The van der Waals surface area contributed by atoms with Gasteiger partial charge in [-0.25, -0.2) is 0 Å². The van der Waals surface area contributed by atoms with Gasteiger partial charge in [0.2, 0.25) is 11.8 Å². The fourth-order valence-electron chi connectivity index (χ4n) is 7.79. The monoisotopic (exact) mass is 649 g/mol. The Labute approximate surface area is 268 Å². The molecular formula is C34H46F3N3O6. The summed E-state index contributed by atoms with van der Waals surface area (Å²) in [5, 5.41) is 24.0. The molecule has 1 aliphatic carbocycles. The minimum atomic E-state index is -4.63. The SMILES string of the molecule is CCCC1C(C(=O)N2CCC(O)(c3ccccc3OC3CCC(C(=O)O)C3)CC2)CCCN1C(=O)C1NC(C)CC=C1C(F)(F)F. The number of hydrogen-bond donors (Lipinski definition) is 3. The van der Waals surface area contributed by atoms with Crippen LogP contribution in [0.2, 0.25) is 0 Å². The van der Waals surface area contributed by atoms with Crippen molar-refractivity contribution in [2.75, 3.05) is 19.6 Å². The van der Waals surface area contributed by atoms with Gasteiger partial charge in [-0.05, 0) is 70.8 Å². The van der Waals surface area contributed by atoms with Crippen LogP contribution in [0.15, 0.2) is 35.9 Å². The highest BCUT2D eigenvalue weighted by molar-refractivity contribution is 5.87. The fraction of sp³-hybridized carbons (Fsp3) is 0.676. The van der Waals surface area contributed by atoms with Crippen molar-refractivity contribution >= 4 is 17.8 Å². The van der Waals surface area contributed by atoms with Crippen LogP contribution >= 0.6 is 0 Å². The van der Waals surface area contributed by atoms with E-state index in [1.54, 1.807) is 17.9 Å². The molecule has 6 unspecified atom stereocenters. The smallest absolute Gasteiger partial charge is 0.414 e. The number of amides is 2. The Morgan fingerprint density at radius 1 is 1.07 bits per heavy atom. The maximum absolute atomic E-state index is 14.0. The van der Waals surface area contributed by atoms with Crippen LogP contribution in [0.1, 0.15) is 83.6 Å². The first-order chi connectivity index (χ1) is 21.8. The number of halogens is 3. The molecule has 5 rings (SSSR count). The van der Waals surface area contributed by atoms with Gasteiger partial charge in [-0.2, -0.15) is 13.2 Å². The third kappa shape index (κ3) is 7.22. The molecule has 2 amide bonds. The Bertz CT molecular complexity index is 1310. The Morgan fingerprint density at radius 3 is 2.43 bits per heavy atom. The molecule has 254 valence electrons. The lowest BCUT2D eigenvalue weighted by Gasteiger charge is -2.46. The molecule has 1 aromatic rings. The maximum atomic E-state index is 14.0. The molecule has 3 N–H and O–H groups in total. The predicted molar refractivity (Wildman–Crippen MR) is 164 cm³/mol. The molecule has 0 bridgehead atoms. The van der Waals surface area contributed by atoms with E-state index in [1.165, 1.54) is 4.90 Å². The molecule has 0 spiro atoms. The summed E-state index contributed by atoms with van der Waals surface area (Å²) >= 11 is 0. The van der Waals surface area contributed by atoms with Crippen molar-refractivity contribution in [3.8, 4) is 5.75 Å². The van der Waals surface area contributed by atoms with E-state index in [4.69, 9.17) is 4.74 Å². The summed E-state index contributed by atoms with van der Waals surface area (Å²) < 4.78 is 47.9. The topological polar surface area (TPSA) is 119 Å². The van der Waals surface area contributed by atoms with Crippen LogP contribution in [0.4, 0.5) is 13.2 Å². The first kappa shape index (κ1) is 34.2. The lowest BCUT2D eigenvalue weighted by atomic mass is 9.81. The second-order valence-corrected chi connectivity index (χ2v) is 13.5. The highest BCUT2D eigenvalue weighted by Gasteiger charge is 2.48. The lowest BCUT2D eigenvalue weighted by molar-refractivity contribution is -0.151. The van der Waals surface area contributed by atoms with Crippen molar-refractivity contribution in [2.24, 2.45) is 11.8 Å². The average Bonchev–Trinajstić information content (AvgIpc) is 3.49. The highest BCUT2D eigenvalue weighted by Crippen LogP contribution is 2.41. The standard InChI is InChI=1S/C34H46F3N3O6/c1-3-7-27-24(8-6-17-40(27)31(42)29-26(34(35,36)37)14-11-21(2)38-29)30(41)39-18-15-33(45,16-19-39)25-9-4-5-10-28(25)46-23-13-12-22(20-23)32(43)44/h4-5,9-10,14,21-24,27,29,38,45H,3,6-8,11-13,15-20H2,1-2H3,(H,43,44). The number of alkyl halides is 3. The Hall–Kier alpha value is -3.12. The third-order valence-electron chi connectivity index (χ3n) is 10.3. The van der Waals surface area contributed by atoms with E-state index in [2.05, 4.69) is 5.32 Å². The number of carbonyl (C=O) groups is 3. The van der Waals surface area contributed by atoms with Crippen molar-refractivity contribution in [2.45, 2.75) is 114 Å². The van der Waals surface area contributed by atoms with Gasteiger partial charge >= 0.3 is 12.1 Å². The van der Waals surface area contributed by atoms with Crippen molar-refractivity contribution in [1.29, 1.82) is 0 Å². The van der Waals surface area contributed by atoms with E-state index >= 15 is 0 Å². The van der Waals surface area contributed by atoms with Gasteiger partial charge < -0.3 is 24.7 Å². The van der Waals surface area contributed by atoms with Crippen LogP contribution in [0.25, 0.3) is 0 Å². The van der Waals surface area contributed by atoms with Crippen LogP contribution in [-0.2, 0) is 20.0 Å². The number of aliphatic hydroxyl groups is 1. The van der Waals surface area contributed by atoms with Gasteiger partial charge in [-0.15, -0.1) is 0 Å². The van der Waals surface area contributed by atoms with E-state index in [0.29, 0.717) is 62.8 Å². The van der Waals surface area contributed by atoms with Gasteiger partial charge in [0.1, 0.15) is 11.8 Å². The predicted octanol–water partition coefficient (Wildman–Crippen LogP) is 4.78. The average molecular weight is 650 g/mol. The summed E-state index contributed by atoms with van der Waals surface area (Å²) in [6.45, 7) is 4.55. The van der Waals surface area contributed by atoms with Crippen LogP contribution in [0.3, 0.4) is 0 Å². The number of nitrogens with zero attached hydrogens (tertiary/aromatic N) is 2. The molecule has 46 heavy (non-hydrogen) atoms. The van der Waals surface area contributed by atoms with Gasteiger partial charge in [0.05, 0.1) is 29.1 Å². The molecule has 1 aromatic carbocycles. The lowest BCUT2D eigenvalue weighted by Crippen LogP contribution is -2.60. The fourth-order valence-corrected chi connectivity index (χ4v) is 7.79. The number of carboxylic acid groups (broad SMARTS) is 1. The number of likely N-dealkylation sites (tertiary alicyclic amines) is 2. The molecule has 0 radical (unpaired) electrons. The number of benzene rings is 1. The summed E-state index contributed by atoms with van der Waals surface area (Å²) in [4.78, 5) is 42.4. The Balaban J connectivity index is 1.27. The zero-order valence-corrected chi connectivity index (χ0v) is 26.6. The number of carboxylic acids is 1. The van der Waals surface area contributed by atoms with Crippen LogP contribution in [0.5, 0.6) is 5.75 Å². The number of rotatable bonds is 8. The van der Waals surface area contributed by atoms with E-state index in [9.17, 15) is 37.8 Å². The second-order valence-electron chi connectivity index (χ2n) is 13.5. The molecular weight excluding hydrogens is 603 g/mol. The van der Waals surface area contributed by atoms with E-state index in [0.717, 1.165) is 6.08 Å². The third-order valence-corrected chi connectivity index (χ3v) is 10.3. The van der Waals surface area contributed by atoms with Crippen molar-refractivity contribution in [3.63, 3.8) is 0 Å². The molecule has 6 atom stereocenters. The molecule has 9 nitrogen and oxygen atoms in total. The number of carbonyl (C=O) groups excluding carboxylic acids is 2. The molecule has 0 aromatic heterocycles. The number of hydrogen-bond acceptors (Lipinski definition) is 6.